The molecule has 2 rings (SSSR count). The fourth-order valence-electron chi connectivity index (χ4n) is 1.37. The van der Waals surface area contributed by atoms with E-state index in [1.54, 1.807) is 18.2 Å². The summed E-state index contributed by atoms with van der Waals surface area (Å²) in [6.07, 6.45) is 0. The van der Waals surface area contributed by atoms with Gasteiger partial charge in [-0.1, -0.05) is 34.0 Å². The summed E-state index contributed by atoms with van der Waals surface area (Å²) in [7, 11) is 0. The minimum Gasteiger partial charge on any atom is -0.279 e. The predicted octanol–water partition coefficient (Wildman–Crippen LogP) is 3.82. The second-order valence-electron chi connectivity index (χ2n) is 3.57. The lowest BCUT2D eigenvalue weighted by atomic mass is 10.1. The molecule has 0 atom stereocenters. The molecule has 3 heteroatoms. The van der Waals surface area contributed by atoms with Crippen molar-refractivity contribution in [1.82, 2.24) is 0 Å². The molecule has 18 heavy (non-hydrogen) atoms. The predicted molar refractivity (Wildman–Crippen MR) is 71.8 cm³/mol. The van der Waals surface area contributed by atoms with Crippen LogP contribution in [0.4, 0.5) is 4.39 Å². The van der Waals surface area contributed by atoms with E-state index in [0.717, 1.165) is 0 Å². The van der Waals surface area contributed by atoms with Gasteiger partial charge in [0.1, 0.15) is 5.82 Å². The number of Topliss-reactive ketones (excluding diaryl/α,β-unsaturated/α-hetero) is 1. The Bertz CT molecular complexity index is 636. The number of rotatable bonds is 1. The SMILES string of the molecule is O=C(C#Cc1ccc(F)cc1)c1ccccc1Br. The van der Waals surface area contributed by atoms with Crippen molar-refractivity contribution in [3.63, 3.8) is 0 Å². The maximum atomic E-state index is 12.7. The van der Waals surface area contributed by atoms with E-state index in [0.29, 0.717) is 15.6 Å². The average Bonchev–Trinajstić information content (AvgIpc) is 2.38. The zero-order valence-corrected chi connectivity index (χ0v) is 10.9. The van der Waals surface area contributed by atoms with Crippen LogP contribution in [0.15, 0.2) is 53.0 Å². The fourth-order valence-corrected chi connectivity index (χ4v) is 1.84. The molecule has 0 fully saturated rings. The van der Waals surface area contributed by atoms with Gasteiger partial charge in [-0.3, -0.25) is 4.79 Å². The van der Waals surface area contributed by atoms with Gasteiger partial charge in [0.05, 0.1) is 0 Å². The molecule has 0 N–H and O–H groups in total. The third kappa shape index (κ3) is 3.06. The summed E-state index contributed by atoms with van der Waals surface area (Å²) in [6.45, 7) is 0. The number of hydrogen-bond acceptors (Lipinski definition) is 1. The molecule has 0 radical (unpaired) electrons. The van der Waals surface area contributed by atoms with E-state index in [1.807, 2.05) is 6.07 Å². The largest absolute Gasteiger partial charge is 0.279 e. The Hall–Kier alpha value is -1.92. The Morgan fingerprint density at radius 2 is 1.72 bits per heavy atom. The molecular formula is C15H8BrFO. The number of ketones is 1. The number of halogens is 2. The number of hydrogen-bond donors (Lipinski definition) is 0. The van der Waals surface area contributed by atoms with Crippen LogP contribution in [-0.4, -0.2) is 5.78 Å². The number of carbonyl (C=O) groups is 1. The highest BCUT2D eigenvalue weighted by Gasteiger charge is 2.05. The molecule has 88 valence electrons. The van der Waals surface area contributed by atoms with E-state index >= 15 is 0 Å². The molecule has 0 bridgehead atoms. The minimum absolute atomic E-state index is 0.271. The maximum Gasteiger partial charge on any atom is 0.237 e. The van der Waals surface area contributed by atoms with Crippen molar-refractivity contribution in [2.75, 3.05) is 0 Å². The molecule has 0 aromatic heterocycles. The highest BCUT2D eigenvalue weighted by molar-refractivity contribution is 9.10. The number of carbonyl (C=O) groups excluding carboxylic acids is 1. The van der Waals surface area contributed by atoms with Crippen molar-refractivity contribution in [2.45, 2.75) is 0 Å². The van der Waals surface area contributed by atoms with Crippen molar-refractivity contribution in [3.8, 4) is 11.8 Å². The average molecular weight is 303 g/mol. The van der Waals surface area contributed by atoms with Crippen LogP contribution in [-0.2, 0) is 0 Å². The smallest absolute Gasteiger partial charge is 0.237 e. The van der Waals surface area contributed by atoms with Crippen LogP contribution < -0.4 is 0 Å². The lowest BCUT2D eigenvalue weighted by Gasteiger charge is -1.96. The molecular weight excluding hydrogens is 295 g/mol. The molecule has 0 amide bonds. The molecule has 0 aliphatic rings. The molecule has 2 aromatic rings. The molecule has 0 spiro atoms. The summed E-state index contributed by atoms with van der Waals surface area (Å²) in [6, 6.07) is 12.8. The first-order chi connectivity index (χ1) is 8.66. The topological polar surface area (TPSA) is 17.1 Å². The van der Waals surface area contributed by atoms with Crippen molar-refractivity contribution in [3.05, 3.63) is 69.9 Å². The summed E-state index contributed by atoms with van der Waals surface area (Å²) < 4.78 is 13.4. The molecule has 0 saturated carbocycles. The fraction of sp³-hybridized carbons (Fsp3) is 0. The number of benzene rings is 2. The lowest BCUT2D eigenvalue weighted by molar-refractivity contribution is 0.105. The molecule has 0 aliphatic heterocycles. The van der Waals surface area contributed by atoms with Gasteiger partial charge in [0, 0.05) is 15.6 Å². The van der Waals surface area contributed by atoms with E-state index in [4.69, 9.17) is 0 Å². The van der Waals surface area contributed by atoms with Crippen LogP contribution in [0, 0.1) is 17.7 Å². The van der Waals surface area contributed by atoms with Crippen LogP contribution in [0.1, 0.15) is 15.9 Å². The van der Waals surface area contributed by atoms with Crippen LogP contribution in [0.3, 0.4) is 0 Å². The van der Waals surface area contributed by atoms with Crippen molar-refractivity contribution in [2.24, 2.45) is 0 Å². The second-order valence-corrected chi connectivity index (χ2v) is 4.42. The summed E-state index contributed by atoms with van der Waals surface area (Å²) in [5.41, 5.74) is 1.13. The Kier molecular flexibility index (Phi) is 3.91. The molecule has 0 aliphatic carbocycles. The summed E-state index contributed by atoms with van der Waals surface area (Å²) >= 11 is 3.29. The van der Waals surface area contributed by atoms with Gasteiger partial charge in [0.15, 0.2) is 0 Å². The monoisotopic (exact) mass is 302 g/mol. The normalized spacial score (nSPS) is 9.44. The highest BCUT2D eigenvalue weighted by Crippen LogP contribution is 2.15. The minimum atomic E-state index is -0.322. The summed E-state index contributed by atoms with van der Waals surface area (Å²) in [5, 5.41) is 0. The van der Waals surface area contributed by atoms with E-state index in [9.17, 15) is 9.18 Å². The molecule has 0 unspecified atom stereocenters. The van der Waals surface area contributed by atoms with Gasteiger partial charge >= 0.3 is 0 Å². The molecule has 0 heterocycles. The molecule has 0 saturated heterocycles. The Labute approximate surface area is 113 Å². The molecule has 2 aromatic carbocycles. The van der Waals surface area contributed by atoms with Crippen molar-refractivity contribution in [1.29, 1.82) is 0 Å². The van der Waals surface area contributed by atoms with Crippen molar-refractivity contribution < 1.29 is 9.18 Å². The third-order valence-electron chi connectivity index (χ3n) is 2.28. The van der Waals surface area contributed by atoms with E-state index in [2.05, 4.69) is 27.8 Å². The standard InChI is InChI=1S/C15H8BrFO/c16-14-4-2-1-3-13(14)15(18)10-7-11-5-8-12(17)9-6-11/h1-6,8-9H. The summed E-state index contributed by atoms with van der Waals surface area (Å²) in [4.78, 5) is 11.8. The van der Waals surface area contributed by atoms with Gasteiger partial charge in [-0.05, 0) is 42.3 Å². The van der Waals surface area contributed by atoms with Gasteiger partial charge in [0.25, 0.3) is 0 Å². The Morgan fingerprint density at radius 1 is 1.06 bits per heavy atom. The van der Waals surface area contributed by atoms with Crippen molar-refractivity contribution >= 4 is 21.7 Å². The Balaban J connectivity index is 2.23. The van der Waals surface area contributed by atoms with E-state index < -0.39 is 0 Å². The zero-order chi connectivity index (χ0) is 13.0. The van der Waals surface area contributed by atoms with Crippen LogP contribution in [0.2, 0.25) is 0 Å². The maximum absolute atomic E-state index is 12.7. The third-order valence-corrected chi connectivity index (χ3v) is 2.97. The first kappa shape index (κ1) is 12.5. The quantitative estimate of drug-likeness (QED) is 0.578. The van der Waals surface area contributed by atoms with Gasteiger partial charge in [-0.15, -0.1) is 0 Å². The first-order valence-corrected chi connectivity index (χ1v) is 6.02. The Morgan fingerprint density at radius 3 is 2.39 bits per heavy atom. The first-order valence-electron chi connectivity index (χ1n) is 5.23. The lowest BCUT2D eigenvalue weighted by Crippen LogP contribution is -1.95. The second kappa shape index (κ2) is 5.61. The van der Waals surface area contributed by atoms with Gasteiger partial charge in [0.2, 0.25) is 5.78 Å². The van der Waals surface area contributed by atoms with E-state index in [1.165, 1.54) is 24.3 Å². The van der Waals surface area contributed by atoms with Gasteiger partial charge < -0.3 is 0 Å². The van der Waals surface area contributed by atoms with Gasteiger partial charge in [-0.25, -0.2) is 4.39 Å². The van der Waals surface area contributed by atoms with Crippen LogP contribution in [0.5, 0.6) is 0 Å². The summed E-state index contributed by atoms with van der Waals surface area (Å²) in [5.74, 6) is 4.65. The van der Waals surface area contributed by atoms with Gasteiger partial charge in [-0.2, -0.15) is 0 Å². The van der Waals surface area contributed by atoms with Crippen LogP contribution >= 0.6 is 15.9 Å². The van der Waals surface area contributed by atoms with E-state index in [-0.39, 0.29) is 11.6 Å². The zero-order valence-electron chi connectivity index (χ0n) is 9.28. The van der Waals surface area contributed by atoms with Crippen LogP contribution in [0.25, 0.3) is 0 Å². The highest BCUT2D eigenvalue weighted by atomic mass is 79.9. The molecule has 1 nitrogen and oxygen atoms in total.